The van der Waals surface area contributed by atoms with Crippen molar-refractivity contribution in [2.24, 2.45) is 0 Å². The normalized spacial score (nSPS) is 17.9. The second-order valence-electron chi connectivity index (χ2n) is 8.50. The summed E-state index contributed by atoms with van der Waals surface area (Å²) in [4.78, 5) is 11.6. The van der Waals surface area contributed by atoms with Crippen LogP contribution in [-0.4, -0.2) is 47.9 Å². The van der Waals surface area contributed by atoms with Gasteiger partial charge >= 0.3 is 0 Å². The van der Waals surface area contributed by atoms with Gasteiger partial charge in [-0.05, 0) is 69.1 Å². The Kier molecular flexibility index (Phi) is 7.44. The van der Waals surface area contributed by atoms with E-state index in [4.69, 9.17) is 26.9 Å². The van der Waals surface area contributed by atoms with E-state index >= 15 is 0 Å². The lowest BCUT2D eigenvalue weighted by molar-refractivity contribution is 0.342. The maximum atomic E-state index is 5.68. The van der Waals surface area contributed by atoms with E-state index in [1.165, 1.54) is 0 Å². The molecule has 0 aliphatic heterocycles. The van der Waals surface area contributed by atoms with Crippen molar-refractivity contribution in [3.05, 3.63) is 48.5 Å². The summed E-state index contributed by atoms with van der Waals surface area (Å²) in [5.41, 5.74) is 1.84. The first kappa shape index (κ1) is 23.0. The van der Waals surface area contributed by atoms with Gasteiger partial charge in [0.2, 0.25) is 5.95 Å². The van der Waals surface area contributed by atoms with E-state index in [0.29, 0.717) is 29.8 Å². The van der Waals surface area contributed by atoms with E-state index in [0.717, 1.165) is 53.8 Å². The number of ether oxygens (including phenoxy) is 1. The number of fused-ring (bicyclic) bond motifs is 1. The second kappa shape index (κ2) is 10.7. The van der Waals surface area contributed by atoms with Crippen LogP contribution in [0.4, 0.5) is 17.5 Å². The summed E-state index contributed by atoms with van der Waals surface area (Å²) in [6.07, 6.45) is 4.12. The molecule has 8 heteroatoms. The molecule has 0 bridgehead atoms. The van der Waals surface area contributed by atoms with Crippen LogP contribution in [0.15, 0.2) is 48.5 Å². The first-order chi connectivity index (χ1) is 16.0. The molecule has 3 N–H and O–H groups in total. The lowest BCUT2D eigenvalue weighted by Crippen LogP contribution is -2.42. The molecule has 0 atom stereocenters. The van der Waals surface area contributed by atoms with Crippen LogP contribution < -0.4 is 25.6 Å². The first-order valence-electron chi connectivity index (χ1n) is 11.5. The molecule has 2 aromatic carbocycles. The summed E-state index contributed by atoms with van der Waals surface area (Å²) in [5.74, 6) is 2.44. The molecule has 1 aromatic heterocycles. The predicted molar refractivity (Wildman–Crippen MR) is 140 cm³/mol. The summed E-state index contributed by atoms with van der Waals surface area (Å²) in [6, 6.07) is 16.7. The van der Waals surface area contributed by atoms with Gasteiger partial charge in [0, 0.05) is 31.6 Å². The van der Waals surface area contributed by atoms with Crippen LogP contribution in [0.1, 0.15) is 32.6 Å². The van der Waals surface area contributed by atoms with Crippen molar-refractivity contribution in [1.29, 1.82) is 0 Å². The van der Waals surface area contributed by atoms with Gasteiger partial charge in [-0.3, -0.25) is 0 Å². The van der Waals surface area contributed by atoms with Crippen LogP contribution in [-0.2, 0) is 0 Å². The zero-order valence-electron chi connectivity index (χ0n) is 19.5. The number of benzene rings is 2. The van der Waals surface area contributed by atoms with E-state index in [1.54, 1.807) is 0 Å². The highest BCUT2D eigenvalue weighted by Crippen LogP contribution is 2.27. The highest BCUT2D eigenvalue weighted by Gasteiger charge is 2.23. The smallest absolute Gasteiger partial charge is 0.225 e. The molecule has 7 nitrogen and oxygen atoms in total. The third kappa shape index (κ3) is 5.82. The minimum atomic E-state index is 0.345. The minimum Gasteiger partial charge on any atom is -0.492 e. The predicted octanol–water partition coefficient (Wildman–Crippen LogP) is 4.80. The molecule has 0 radical (unpaired) electrons. The molecule has 0 amide bonds. The van der Waals surface area contributed by atoms with Crippen molar-refractivity contribution < 1.29 is 4.74 Å². The number of nitrogens with zero attached hydrogens (tertiary/aromatic N) is 3. The van der Waals surface area contributed by atoms with Crippen LogP contribution in [0, 0.1) is 0 Å². The van der Waals surface area contributed by atoms with Gasteiger partial charge in [-0.15, -0.1) is 0 Å². The number of hydrogen-bond acceptors (Lipinski definition) is 6. The number of anilines is 3. The van der Waals surface area contributed by atoms with Crippen LogP contribution in [0.3, 0.4) is 0 Å². The Morgan fingerprint density at radius 1 is 1.00 bits per heavy atom. The van der Waals surface area contributed by atoms with Gasteiger partial charge in [0.05, 0.1) is 17.8 Å². The molecule has 0 spiro atoms. The van der Waals surface area contributed by atoms with Gasteiger partial charge in [-0.25, -0.2) is 4.98 Å². The van der Waals surface area contributed by atoms with E-state index in [-0.39, 0.29) is 0 Å². The highest BCUT2D eigenvalue weighted by atomic mass is 32.1. The largest absolute Gasteiger partial charge is 0.492 e. The van der Waals surface area contributed by atoms with Gasteiger partial charge in [-0.1, -0.05) is 24.3 Å². The molecule has 0 saturated heterocycles. The van der Waals surface area contributed by atoms with Crippen molar-refractivity contribution in [1.82, 2.24) is 15.3 Å². The van der Waals surface area contributed by atoms with Crippen molar-refractivity contribution >= 4 is 45.7 Å². The number of nitrogens with one attached hydrogen (secondary N) is 3. The Hall–Kier alpha value is -3.13. The molecule has 174 valence electrons. The summed E-state index contributed by atoms with van der Waals surface area (Å²) in [7, 11) is 4.03. The van der Waals surface area contributed by atoms with E-state index in [9.17, 15) is 0 Å². The third-order valence-corrected chi connectivity index (χ3v) is 6.06. The average molecular weight is 465 g/mol. The molecule has 0 unspecified atom stereocenters. The lowest BCUT2D eigenvalue weighted by atomic mass is 9.91. The Morgan fingerprint density at radius 2 is 1.70 bits per heavy atom. The second-order valence-corrected chi connectivity index (χ2v) is 8.91. The quantitative estimate of drug-likeness (QED) is 0.431. The molecule has 3 aromatic rings. The van der Waals surface area contributed by atoms with Crippen molar-refractivity contribution in [3.8, 4) is 5.75 Å². The third-order valence-electron chi connectivity index (χ3n) is 5.84. The van der Waals surface area contributed by atoms with Crippen molar-refractivity contribution in [3.63, 3.8) is 0 Å². The Bertz CT molecular complexity index is 1100. The topological polar surface area (TPSA) is 74.3 Å². The molecule has 1 saturated carbocycles. The number of rotatable bonds is 7. The summed E-state index contributed by atoms with van der Waals surface area (Å²) >= 11 is 5.56. The molecular weight excluding hydrogens is 432 g/mol. The standard InChI is InChI=1S/C25H32N6OS/c1-4-32-22-12-8-7-11-21(22)29-25(33)27-18-15-13-17(14-16-18)26-24-28-20-10-6-5-9-19(20)23(30-24)31(2)3/h5-12,17-18H,4,13-16H2,1-3H3,(H,26,28,30)(H2,27,29,33). The highest BCUT2D eigenvalue weighted by molar-refractivity contribution is 7.80. The molecule has 1 heterocycles. The molecular formula is C25H32N6OS. The van der Waals surface area contributed by atoms with Gasteiger partial charge in [0.25, 0.3) is 0 Å². The van der Waals surface area contributed by atoms with Gasteiger partial charge < -0.3 is 25.6 Å². The van der Waals surface area contributed by atoms with Crippen molar-refractivity contribution in [2.45, 2.75) is 44.7 Å². The average Bonchev–Trinajstić information content (AvgIpc) is 2.81. The Labute approximate surface area is 200 Å². The van der Waals surface area contributed by atoms with Crippen LogP contribution in [0.25, 0.3) is 10.9 Å². The Balaban J connectivity index is 1.32. The minimum absolute atomic E-state index is 0.345. The van der Waals surface area contributed by atoms with Gasteiger partial charge in [-0.2, -0.15) is 4.98 Å². The maximum Gasteiger partial charge on any atom is 0.225 e. The molecule has 1 aliphatic rings. The first-order valence-corrected chi connectivity index (χ1v) is 11.9. The van der Waals surface area contributed by atoms with E-state index in [1.807, 2.05) is 68.4 Å². The Morgan fingerprint density at radius 3 is 2.45 bits per heavy atom. The van der Waals surface area contributed by atoms with Gasteiger partial charge in [0.15, 0.2) is 5.11 Å². The molecule has 33 heavy (non-hydrogen) atoms. The number of para-hydroxylation sites is 3. The van der Waals surface area contributed by atoms with Crippen molar-refractivity contribution in [2.75, 3.05) is 36.2 Å². The number of thiocarbonyl (C=S) groups is 1. The zero-order valence-corrected chi connectivity index (χ0v) is 20.3. The maximum absolute atomic E-state index is 5.68. The van der Waals surface area contributed by atoms with E-state index in [2.05, 4.69) is 22.0 Å². The summed E-state index contributed by atoms with van der Waals surface area (Å²) in [5, 5.41) is 12.0. The summed E-state index contributed by atoms with van der Waals surface area (Å²) < 4.78 is 5.68. The monoisotopic (exact) mass is 464 g/mol. The molecule has 1 aliphatic carbocycles. The molecule has 1 fully saturated rings. The lowest BCUT2D eigenvalue weighted by Gasteiger charge is -2.30. The number of hydrogen-bond donors (Lipinski definition) is 3. The van der Waals surface area contributed by atoms with Crippen LogP contribution in [0.2, 0.25) is 0 Å². The zero-order chi connectivity index (χ0) is 23.2. The fourth-order valence-corrected chi connectivity index (χ4v) is 4.50. The van der Waals surface area contributed by atoms with Gasteiger partial charge in [0.1, 0.15) is 11.6 Å². The number of aromatic nitrogens is 2. The SMILES string of the molecule is CCOc1ccccc1NC(=S)NC1CCC(Nc2nc(N(C)C)c3ccccc3n2)CC1. The molecule has 4 rings (SSSR count). The summed E-state index contributed by atoms with van der Waals surface area (Å²) in [6.45, 7) is 2.59. The van der Waals surface area contributed by atoms with Crippen LogP contribution in [0.5, 0.6) is 5.75 Å². The fraction of sp³-hybridized carbons (Fsp3) is 0.400. The van der Waals surface area contributed by atoms with E-state index < -0.39 is 0 Å². The van der Waals surface area contributed by atoms with Crippen LogP contribution >= 0.6 is 12.2 Å². The fourth-order valence-electron chi connectivity index (χ4n) is 4.23.